The zero-order valence-electron chi connectivity index (χ0n) is 12.1. The van der Waals surface area contributed by atoms with Crippen LogP contribution in [0.1, 0.15) is 11.3 Å². The molecule has 1 aromatic heterocycles. The molecule has 22 heavy (non-hydrogen) atoms. The van der Waals surface area contributed by atoms with E-state index in [1.54, 1.807) is 17.9 Å². The molecule has 0 unspecified atom stereocenters. The highest BCUT2D eigenvalue weighted by Gasteiger charge is 2.26. The van der Waals surface area contributed by atoms with Crippen molar-refractivity contribution in [3.05, 3.63) is 49.6 Å². The predicted octanol–water partition coefficient (Wildman–Crippen LogP) is 0.788. The smallest absolute Gasteiger partial charge is 0.406 e. The van der Waals surface area contributed by atoms with E-state index in [1.807, 2.05) is 0 Å². The van der Waals surface area contributed by atoms with Crippen LogP contribution in [0, 0.1) is 27.2 Å². The highest BCUT2D eigenvalue weighted by molar-refractivity contribution is 5.47. The van der Waals surface area contributed by atoms with Crippen LogP contribution in [-0.4, -0.2) is 39.9 Å². The van der Waals surface area contributed by atoms with Gasteiger partial charge in [-0.1, -0.05) is 0 Å². The van der Waals surface area contributed by atoms with E-state index in [-0.39, 0.29) is 18.1 Å². The number of methoxy groups -OCH3 is 1. The lowest BCUT2D eigenvalue weighted by Crippen LogP contribution is -2.21. The summed E-state index contributed by atoms with van der Waals surface area (Å²) in [6, 6.07) is 1.67. The zero-order valence-corrected chi connectivity index (χ0v) is 12.1. The van der Waals surface area contributed by atoms with Gasteiger partial charge in [-0.3, -0.25) is 10.1 Å². The molecule has 0 atom stereocenters. The minimum absolute atomic E-state index is 0.0722. The van der Waals surface area contributed by atoms with Gasteiger partial charge in [-0.05, 0) is 16.0 Å². The van der Waals surface area contributed by atoms with Gasteiger partial charge in [0.2, 0.25) is 5.75 Å². The summed E-state index contributed by atoms with van der Waals surface area (Å²) >= 11 is 0. The lowest BCUT2D eigenvalue weighted by Gasteiger charge is -2.18. The normalized spacial score (nSPS) is 15.7. The van der Waals surface area contributed by atoms with Gasteiger partial charge >= 0.3 is 5.82 Å². The standard InChI is InChI=1S/C12H15N5O5/c1-8-5-9(11(22-2)12(14-8)17(20)21)6-15-4-3-13-10(15)7-16(18)19/h5,7,13H,3-4,6H2,1-2H3. The van der Waals surface area contributed by atoms with Crippen molar-refractivity contribution in [3.63, 3.8) is 0 Å². The summed E-state index contributed by atoms with van der Waals surface area (Å²) in [5.41, 5.74) is 1.04. The molecule has 0 radical (unpaired) electrons. The number of nitrogens with one attached hydrogen (secondary N) is 1. The number of aryl methyl sites for hydroxylation is 1. The molecule has 1 fully saturated rings. The summed E-state index contributed by atoms with van der Waals surface area (Å²) in [4.78, 5) is 26.1. The number of pyridine rings is 1. The first kappa shape index (κ1) is 15.5. The van der Waals surface area contributed by atoms with Crippen molar-refractivity contribution in [1.29, 1.82) is 0 Å². The van der Waals surface area contributed by atoms with Crippen LogP contribution in [0.4, 0.5) is 5.82 Å². The van der Waals surface area contributed by atoms with Crippen LogP contribution in [0.15, 0.2) is 18.1 Å². The molecule has 1 N–H and O–H groups in total. The second-order valence-corrected chi connectivity index (χ2v) is 4.68. The SMILES string of the molecule is COc1c(CN2CCNC2=C[N+](=O)[O-])cc(C)nc1[N+](=O)[O-]. The van der Waals surface area contributed by atoms with E-state index in [0.29, 0.717) is 30.2 Å². The van der Waals surface area contributed by atoms with Crippen molar-refractivity contribution in [1.82, 2.24) is 15.2 Å². The lowest BCUT2D eigenvalue weighted by molar-refractivity contribution is -0.404. The molecule has 2 heterocycles. The fraction of sp³-hybridized carbons (Fsp3) is 0.417. The molecule has 1 aliphatic rings. The van der Waals surface area contributed by atoms with Crippen molar-refractivity contribution in [2.75, 3.05) is 20.2 Å². The van der Waals surface area contributed by atoms with E-state index in [9.17, 15) is 20.2 Å². The van der Waals surface area contributed by atoms with Crippen molar-refractivity contribution in [2.45, 2.75) is 13.5 Å². The number of hydrogen-bond donors (Lipinski definition) is 1. The van der Waals surface area contributed by atoms with Gasteiger partial charge in [0.15, 0.2) is 11.5 Å². The molecule has 0 aliphatic carbocycles. The molecule has 0 amide bonds. The Kier molecular flexibility index (Phi) is 4.39. The summed E-state index contributed by atoms with van der Waals surface area (Å²) in [6.45, 7) is 3.01. The molecule has 0 spiro atoms. The van der Waals surface area contributed by atoms with Gasteiger partial charge in [0.1, 0.15) is 0 Å². The Hall–Kier alpha value is -2.91. The topological polar surface area (TPSA) is 124 Å². The second kappa shape index (κ2) is 6.24. The Morgan fingerprint density at radius 1 is 1.50 bits per heavy atom. The number of rotatable bonds is 5. The minimum atomic E-state index is -0.606. The maximum Gasteiger partial charge on any atom is 0.406 e. The van der Waals surface area contributed by atoms with Crippen molar-refractivity contribution < 1.29 is 14.6 Å². The second-order valence-electron chi connectivity index (χ2n) is 4.68. The Morgan fingerprint density at radius 3 is 2.82 bits per heavy atom. The van der Waals surface area contributed by atoms with Crippen LogP contribution in [0.25, 0.3) is 0 Å². The van der Waals surface area contributed by atoms with Crippen LogP contribution in [0.5, 0.6) is 5.75 Å². The van der Waals surface area contributed by atoms with Gasteiger partial charge in [0, 0.05) is 32.1 Å². The third kappa shape index (κ3) is 3.22. The summed E-state index contributed by atoms with van der Waals surface area (Å²) in [6.07, 6.45) is 0.877. The largest absolute Gasteiger partial charge is 0.489 e. The third-order valence-corrected chi connectivity index (χ3v) is 3.15. The minimum Gasteiger partial charge on any atom is -0.489 e. The molecule has 0 bridgehead atoms. The van der Waals surface area contributed by atoms with Gasteiger partial charge in [0.05, 0.1) is 12.0 Å². The van der Waals surface area contributed by atoms with E-state index < -0.39 is 9.85 Å². The predicted molar refractivity (Wildman–Crippen MR) is 75.7 cm³/mol. The molecule has 1 saturated heterocycles. The van der Waals surface area contributed by atoms with E-state index in [2.05, 4.69) is 10.3 Å². The zero-order chi connectivity index (χ0) is 16.3. The van der Waals surface area contributed by atoms with Gasteiger partial charge in [0.25, 0.3) is 6.20 Å². The van der Waals surface area contributed by atoms with E-state index in [0.717, 1.165) is 6.20 Å². The van der Waals surface area contributed by atoms with Gasteiger partial charge < -0.3 is 25.1 Å². The summed E-state index contributed by atoms with van der Waals surface area (Å²) in [5, 5.41) is 24.6. The monoisotopic (exact) mass is 309 g/mol. The lowest BCUT2D eigenvalue weighted by atomic mass is 10.2. The molecule has 10 heteroatoms. The van der Waals surface area contributed by atoms with Gasteiger partial charge in [-0.15, -0.1) is 0 Å². The van der Waals surface area contributed by atoms with Crippen molar-refractivity contribution >= 4 is 5.82 Å². The molecule has 0 aromatic carbocycles. The fourth-order valence-corrected chi connectivity index (χ4v) is 2.32. The Labute approximate surface area is 125 Å². The quantitative estimate of drug-likeness (QED) is 0.625. The Morgan fingerprint density at radius 2 is 2.23 bits per heavy atom. The Balaban J connectivity index is 2.37. The number of nitrogens with zero attached hydrogens (tertiary/aromatic N) is 4. The van der Waals surface area contributed by atoms with Crippen LogP contribution in [-0.2, 0) is 6.54 Å². The molecular formula is C12H15N5O5. The first-order valence-electron chi connectivity index (χ1n) is 6.45. The molecular weight excluding hydrogens is 294 g/mol. The van der Waals surface area contributed by atoms with E-state index in [4.69, 9.17) is 4.74 Å². The summed E-state index contributed by atoms with van der Waals surface area (Å²) < 4.78 is 5.11. The molecule has 1 aliphatic heterocycles. The molecule has 2 rings (SSSR count). The molecule has 1 aromatic rings. The third-order valence-electron chi connectivity index (χ3n) is 3.15. The number of aromatic nitrogens is 1. The van der Waals surface area contributed by atoms with E-state index >= 15 is 0 Å². The Bertz CT molecular complexity index is 645. The fourth-order valence-electron chi connectivity index (χ4n) is 2.32. The number of ether oxygens (including phenoxy) is 1. The van der Waals surface area contributed by atoms with Gasteiger partial charge in [-0.2, -0.15) is 0 Å². The van der Waals surface area contributed by atoms with Crippen LogP contribution in [0.2, 0.25) is 0 Å². The van der Waals surface area contributed by atoms with Crippen molar-refractivity contribution in [3.8, 4) is 5.75 Å². The molecule has 118 valence electrons. The molecule has 0 saturated carbocycles. The average molecular weight is 309 g/mol. The molecule has 10 nitrogen and oxygen atoms in total. The van der Waals surface area contributed by atoms with Crippen LogP contribution in [0.3, 0.4) is 0 Å². The maximum atomic E-state index is 11.1. The van der Waals surface area contributed by atoms with E-state index in [1.165, 1.54) is 7.11 Å². The van der Waals surface area contributed by atoms with Gasteiger partial charge in [-0.25, -0.2) is 0 Å². The highest BCUT2D eigenvalue weighted by atomic mass is 16.6. The first-order valence-corrected chi connectivity index (χ1v) is 6.45. The van der Waals surface area contributed by atoms with Crippen LogP contribution < -0.4 is 10.1 Å². The van der Waals surface area contributed by atoms with Crippen LogP contribution >= 0.6 is 0 Å². The average Bonchev–Trinajstić information content (AvgIpc) is 2.84. The summed E-state index contributed by atoms with van der Waals surface area (Å²) in [5.74, 6) is 0.0802. The maximum absolute atomic E-state index is 11.1. The first-order chi connectivity index (χ1) is 10.4. The highest BCUT2D eigenvalue weighted by Crippen LogP contribution is 2.31. The summed E-state index contributed by atoms with van der Waals surface area (Å²) in [7, 11) is 1.33. The number of hydrogen-bond acceptors (Lipinski definition) is 8. The van der Waals surface area contributed by atoms with Crippen molar-refractivity contribution in [2.24, 2.45) is 0 Å². The number of nitro groups is 2.